The molecule has 0 unspecified atom stereocenters. The number of halogens is 1. The summed E-state index contributed by atoms with van der Waals surface area (Å²) < 4.78 is 12.9. The Morgan fingerprint density at radius 1 is 1.07 bits per heavy atom. The van der Waals surface area contributed by atoms with Crippen LogP contribution in [0.15, 0.2) is 60.9 Å². The average Bonchev–Trinajstić information content (AvgIpc) is 3.06. The number of nitrogens with one attached hydrogen (secondary N) is 1. The summed E-state index contributed by atoms with van der Waals surface area (Å²) >= 11 is 1.28. The second-order valence-electron chi connectivity index (χ2n) is 6.26. The highest BCUT2D eigenvalue weighted by Gasteiger charge is 2.17. The summed E-state index contributed by atoms with van der Waals surface area (Å²) in [4.78, 5) is 22.4. The third-order valence-electron chi connectivity index (χ3n) is 4.39. The molecule has 0 aliphatic heterocycles. The number of nitrogens with zero attached hydrogens (tertiary/aromatic N) is 2. The quantitative estimate of drug-likeness (QED) is 0.537. The molecule has 7 heteroatoms. The van der Waals surface area contributed by atoms with E-state index < -0.39 is 0 Å². The van der Waals surface area contributed by atoms with Gasteiger partial charge in [-0.1, -0.05) is 12.1 Å². The van der Waals surface area contributed by atoms with Crippen molar-refractivity contribution in [2.24, 2.45) is 0 Å². The van der Waals surface area contributed by atoms with E-state index in [0.717, 1.165) is 27.0 Å². The Kier molecular flexibility index (Phi) is 4.99. The first kappa shape index (κ1) is 18.1. The molecule has 0 aliphatic carbocycles. The Bertz CT molecular complexity index is 1130. The first-order valence-electron chi connectivity index (χ1n) is 8.74. The van der Waals surface area contributed by atoms with Crippen molar-refractivity contribution in [3.63, 3.8) is 0 Å². The van der Waals surface area contributed by atoms with Crippen LogP contribution >= 0.6 is 11.3 Å². The SMILES string of the molecule is Nc1c(C(=O)NCCc2ccc(F)cc2)sc2nc(-c3ccncc3)ccc12. The summed E-state index contributed by atoms with van der Waals surface area (Å²) in [6.07, 6.45) is 4.04. The molecule has 0 atom stereocenters. The summed E-state index contributed by atoms with van der Waals surface area (Å²) in [6, 6.07) is 13.8. The fraction of sp³-hybridized carbons (Fsp3) is 0.0952. The van der Waals surface area contributed by atoms with E-state index >= 15 is 0 Å². The van der Waals surface area contributed by atoms with Crippen molar-refractivity contribution < 1.29 is 9.18 Å². The molecule has 1 amide bonds. The first-order chi connectivity index (χ1) is 13.6. The van der Waals surface area contributed by atoms with Crippen LogP contribution in [0.3, 0.4) is 0 Å². The Hall–Kier alpha value is -3.32. The summed E-state index contributed by atoms with van der Waals surface area (Å²) in [5.74, 6) is -0.502. The van der Waals surface area contributed by atoms with Crippen molar-refractivity contribution in [2.75, 3.05) is 12.3 Å². The molecule has 0 aliphatic rings. The number of benzene rings is 1. The van der Waals surface area contributed by atoms with Crippen LogP contribution in [0.4, 0.5) is 10.1 Å². The van der Waals surface area contributed by atoms with E-state index in [0.29, 0.717) is 23.5 Å². The second kappa shape index (κ2) is 7.74. The lowest BCUT2D eigenvalue weighted by Crippen LogP contribution is -2.25. The Morgan fingerprint density at radius 3 is 2.57 bits per heavy atom. The van der Waals surface area contributed by atoms with Gasteiger partial charge in [0.25, 0.3) is 5.91 Å². The lowest BCUT2D eigenvalue weighted by atomic mass is 10.1. The molecular formula is C21H17FN4OS. The van der Waals surface area contributed by atoms with Crippen LogP contribution < -0.4 is 11.1 Å². The van der Waals surface area contributed by atoms with Gasteiger partial charge in [-0.2, -0.15) is 0 Å². The largest absolute Gasteiger partial charge is 0.397 e. The van der Waals surface area contributed by atoms with Crippen molar-refractivity contribution in [2.45, 2.75) is 6.42 Å². The Labute approximate surface area is 165 Å². The number of nitrogens with two attached hydrogens (primary N) is 1. The van der Waals surface area contributed by atoms with Gasteiger partial charge in [-0.15, -0.1) is 11.3 Å². The Balaban J connectivity index is 1.50. The molecule has 3 N–H and O–H groups in total. The molecule has 0 saturated carbocycles. The zero-order chi connectivity index (χ0) is 19.5. The summed E-state index contributed by atoms with van der Waals surface area (Å²) in [5, 5.41) is 3.64. The molecular weight excluding hydrogens is 375 g/mol. The number of thiophene rings is 1. The molecule has 3 heterocycles. The van der Waals surface area contributed by atoms with Gasteiger partial charge in [0.05, 0.1) is 11.4 Å². The van der Waals surface area contributed by atoms with Gasteiger partial charge >= 0.3 is 0 Å². The number of anilines is 1. The highest BCUT2D eigenvalue weighted by Crippen LogP contribution is 2.34. The zero-order valence-electron chi connectivity index (χ0n) is 14.9. The van der Waals surface area contributed by atoms with E-state index in [-0.39, 0.29) is 11.7 Å². The first-order valence-corrected chi connectivity index (χ1v) is 9.55. The number of aromatic nitrogens is 2. The van der Waals surface area contributed by atoms with E-state index in [9.17, 15) is 9.18 Å². The summed E-state index contributed by atoms with van der Waals surface area (Å²) in [6.45, 7) is 0.438. The molecule has 0 bridgehead atoms. The molecule has 28 heavy (non-hydrogen) atoms. The van der Waals surface area contributed by atoms with Crippen molar-refractivity contribution >= 4 is 33.1 Å². The third kappa shape index (κ3) is 3.70. The fourth-order valence-corrected chi connectivity index (χ4v) is 3.91. The second-order valence-corrected chi connectivity index (χ2v) is 7.26. The number of carbonyl (C=O) groups excluding carboxylic acids is 1. The molecule has 5 nitrogen and oxygen atoms in total. The number of amides is 1. The van der Waals surface area contributed by atoms with Crippen molar-refractivity contribution in [3.8, 4) is 11.3 Å². The standard InChI is InChI=1S/C21H17FN4OS/c22-15-3-1-13(2-4-15)7-12-25-20(27)19-18(23)16-5-6-17(26-21(16)28-19)14-8-10-24-11-9-14/h1-6,8-11H,7,12,23H2,(H,25,27). The van der Waals surface area contributed by atoms with E-state index in [2.05, 4.69) is 15.3 Å². The minimum atomic E-state index is -0.274. The summed E-state index contributed by atoms with van der Waals surface area (Å²) in [7, 11) is 0. The highest BCUT2D eigenvalue weighted by atomic mass is 32.1. The smallest absolute Gasteiger partial charge is 0.263 e. The van der Waals surface area contributed by atoms with Gasteiger partial charge in [-0.05, 0) is 48.4 Å². The zero-order valence-corrected chi connectivity index (χ0v) is 15.7. The monoisotopic (exact) mass is 392 g/mol. The fourth-order valence-electron chi connectivity index (χ4n) is 2.90. The van der Waals surface area contributed by atoms with Crippen LogP contribution in [0.25, 0.3) is 21.5 Å². The lowest BCUT2D eigenvalue weighted by molar-refractivity contribution is 0.0959. The molecule has 1 aromatic carbocycles. The van der Waals surface area contributed by atoms with Crippen LogP contribution in [0.2, 0.25) is 0 Å². The molecule has 140 valence electrons. The predicted molar refractivity (Wildman–Crippen MR) is 110 cm³/mol. The number of pyridine rings is 2. The van der Waals surface area contributed by atoms with Gasteiger partial charge < -0.3 is 11.1 Å². The third-order valence-corrected chi connectivity index (χ3v) is 5.50. The van der Waals surface area contributed by atoms with Crippen molar-refractivity contribution in [3.05, 3.63) is 77.2 Å². The van der Waals surface area contributed by atoms with E-state index in [1.165, 1.54) is 23.5 Å². The average molecular weight is 392 g/mol. The van der Waals surface area contributed by atoms with Gasteiger partial charge in [0.15, 0.2) is 0 Å². The van der Waals surface area contributed by atoms with Crippen LogP contribution in [0, 0.1) is 5.82 Å². The maximum Gasteiger partial charge on any atom is 0.263 e. The van der Waals surface area contributed by atoms with E-state index in [1.54, 1.807) is 24.5 Å². The number of fused-ring (bicyclic) bond motifs is 1. The van der Waals surface area contributed by atoms with Gasteiger partial charge in [0.1, 0.15) is 15.5 Å². The Morgan fingerprint density at radius 2 is 1.82 bits per heavy atom. The molecule has 4 rings (SSSR count). The van der Waals surface area contributed by atoms with Gasteiger partial charge in [0.2, 0.25) is 0 Å². The number of rotatable bonds is 5. The van der Waals surface area contributed by atoms with Crippen LogP contribution in [0.1, 0.15) is 15.2 Å². The number of carbonyl (C=O) groups is 1. The predicted octanol–water partition coefficient (Wildman–Crippen LogP) is 4.05. The van der Waals surface area contributed by atoms with E-state index in [4.69, 9.17) is 5.73 Å². The number of nitrogen functional groups attached to an aromatic ring is 1. The maximum atomic E-state index is 12.9. The molecule has 0 spiro atoms. The van der Waals surface area contributed by atoms with Gasteiger partial charge in [-0.25, -0.2) is 9.37 Å². The molecule has 0 radical (unpaired) electrons. The number of hydrogen-bond donors (Lipinski definition) is 2. The van der Waals surface area contributed by atoms with Crippen LogP contribution in [-0.4, -0.2) is 22.4 Å². The number of hydrogen-bond acceptors (Lipinski definition) is 5. The maximum absolute atomic E-state index is 12.9. The van der Waals surface area contributed by atoms with Gasteiger partial charge in [-0.3, -0.25) is 9.78 Å². The van der Waals surface area contributed by atoms with Gasteiger partial charge in [0, 0.05) is 29.9 Å². The lowest BCUT2D eigenvalue weighted by Gasteiger charge is -2.04. The van der Waals surface area contributed by atoms with Crippen molar-refractivity contribution in [1.82, 2.24) is 15.3 Å². The van der Waals surface area contributed by atoms with E-state index in [1.807, 2.05) is 24.3 Å². The topological polar surface area (TPSA) is 80.9 Å². The summed E-state index contributed by atoms with van der Waals surface area (Å²) in [5.41, 5.74) is 9.34. The molecule has 0 saturated heterocycles. The molecule has 0 fully saturated rings. The minimum absolute atomic E-state index is 0.229. The molecule has 4 aromatic rings. The minimum Gasteiger partial charge on any atom is -0.397 e. The van der Waals surface area contributed by atoms with Crippen LogP contribution in [-0.2, 0) is 6.42 Å². The van der Waals surface area contributed by atoms with Crippen molar-refractivity contribution in [1.29, 1.82) is 0 Å². The highest BCUT2D eigenvalue weighted by molar-refractivity contribution is 7.21. The molecule has 3 aromatic heterocycles. The normalized spacial score (nSPS) is 10.9. The van der Waals surface area contributed by atoms with Crippen LogP contribution in [0.5, 0.6) is 0 Å².